The Bertz CT molecular complexity index is 5140. The van der Waals surface area contributed by atoms with Crippen molar-refractivity contribution in [3.8, 4) is 0 Å². The molecule has 0 N–H and O–H groups in total. The molecule has 12 aliphatic heterocycles. The maximum absolute atomic E-state index is 12.2. The van der Waals surface area contributed by atoms with Crippen molar-refractivity contribution in [3.63, 3.8) is 0 Å². The van der Waals surface area contributed by atoms with Gasteiger partial charge in [0, 0.05) is 117 Å². The van der Waals surface area contributed by atoms with Gasteiger partial charge in [-0.25, -0.2) is 24.4 Å². The van der Waals surface area contributed by atoms with Crippen LogP contribution in [0.2, 0.25) is 0 Å². The van der Waals surface area contributed by atoms with E-state index in [-0.39, 0.29) is 70.4 Å². The van der Waals surface area contributed by atoms with Crippen LogP contribution in [0.3, 0.4) is 0 Å². The Morgan fingerprint density at radius 1 is 0.345 bits per heavy atom. The standard InChI is InChI=1S/C13H13NO.C12H10N2O3.C12H9NO3.C12H11NO2.C12H13NO.C8H10N2O3.C8H8N2O3.C7H7N3O3/c1-9-7-13(8-10(2)14-15-13)12-6-4-3-5-11(9)12;1-7-6-10(17-13-7)14-11(15)8-4-2-3-5-9(8)12(14)16;1-7-6-12(16-13-7)10(14)8-4-2-3-5-9(8)11(12)15;1-8-6-12(15-13-8)7-9-4-2-3-5-10(9)11(12)14;1-9-8-12(14-13-9)7-6-10-4-2-3-5-11(10)12;2*1-5-4-8(13-9-5)10-6(11)2-3-7(10)12;1-4-2-6(13-9-4)10-5(11)3-8-7(10)12/h3-6H,1,7-8H2,2H3;2-5,10H,6H2,1H3;2-5H,6H2,1H3;2-5H,6-7H2,1H3;2-5H,6-8H2,1H3;8H,2-4H2,1H3;2-3,8H,4H2,1H3;3,6H,2H2,1H3/t13-;;;;12-;;;/m1...1.../s1. The average molecular weight is 1580 g/mol. The SMILES string of the molecule is C=C1C[C@@]2(CC(C)=NO2)c2ccccc21.CC1=NOC(N2C(=O)C=CC2=O)C1.CC1=NOC(N2C(=O)C=NC2=O)C1.CC1=NOC(N2C(=O)CCC2=O)C1.CC1=NOC(N2C(=O)c3ccccc3C2=O)C1.CC1=NOC2(C1)C(=O)c1ccccc1C2=O.CC1=NOC2(C1)Cc1ccccc1C2=O.CC1=NO[C@]2(CCc3ccccc32)C1. The molecule has 0 bridgehead atoms. The highest BCUT2D eigenvalue weighted by molar-refractivity contribution is 6.36. The number of hydrogen-bond donors (Lipinski definition) is 0. The Labute approximate surface area is 664 Å². The molecule has 116 heavy (non-hydrogen) atoms. The van der Waals surface area contributed by atoms with Gasteiger partial charge in [0.2, 0.25) is 59.7 Å². The van der Waals surface area contributed by atoms with E-state index in [2.05, 4.69) is 95.3 Å². The molecule has 5 aromatic rings. The van der Waals surface area contributed by atoms with Crippen molar-refractivity contribution >= 4 is 122 Å². The predicted molar refractivity (Wildman–Crippen MR) is 419 cm³/mol. The molecule has 5 aromatic carbocycles. The fourth-order valence-corrected chi connectivity index (χ4v) is 16.0. The number of amides is 9. The van der Waals surface area contributed by atoms with E-state index in [0.29, 0.717) is 79.3 Å². The lowest BCUT2D eigenvalue weighted by atomic mass is 9.91. The van der Waals surface area contributed by atoms with E-state index in [1.165, 1.54) is 39.3 Å². The van der Waals surface area contributed by atoms with E-state index in [0.717, 1.165) is 110 Å². The molecule has 16 aliphatic rings. The first-order valence-corrected chi connectivity index (χ1v) is 37.7. The number of aryl methyl sites for hydroxylation is 1. The third-order valence-electron chi connectivity index (χ3n) is 21.4. The lowest BCUT2D eigenvalue weighted by molar-refractivity contribution is -0.152. The predicted octanol–water partition coefficient (Wildman–Crippen LogP) is 11.1. The quantitative estimate of drug-likeness (QED) is 0.119. The molecule has 0 radical (unpaired) electrons. The van der Waals surface area contributed by atoms with Crippen molar-refractivity contribution in [1.29, 1.82) is 0 Å². The normalized spacial score (nSPS) is 26.0. The Morgan fingerprint density at radius 2 is 0.750 bits per heavy atom. The fraction of sp³-hybridized carbons (Fsp3) is 0.357. The molecule has 9 amide bonds. The molecule has 1 fully saturated rings. The van der Waals surface area contributed by atoms with Crippen LogP contribution >= 0.6 is 0 Å². The molecule has 32 heteroatoms. The molecule has 4 spiro atoms. The van der Waals surface area contributed by atoms with Gasteiger partial charge < -0.3 is 38.7 Å². The minimum absolute atomic E-state index is 0.0821. The van der Waals surface area contributed by atoms with Gasteiger partial charge in [-0.2, -0.15) is 4.99 Å². The molecule has 5 unspecified atom stereocenters. The number of aliphatic imine (C=N–C) groups is 1. The van der Waals surface area contributed by atoms with Gasteiger partial charge in [0.05, 0.1) is 63.0 Å². The molecule has 0 aromatic heterocycles. The van der Waals surface area contributed by atoms with Gasteiger partial charge in [-0.3, -0.25) is 47.9 Å². The van der Waals surface area contributed by atoms with Crippen LogP contribution in [0.25, 0.3) is 5.57 Å². The number of fused-ring (bicyclic) bond motifs is 7. The maximum Gasteiger partial charge on any atom is 0.353 e. The summed E-state index contributed by atoms with van der Waals surface area (Å²) in [4.78, 5) is 177. The number of Topliss-reactive ketones (excluding diaryl/α,β-unsaturated/α-hetero) is 3. The first-order chi connectivity index (χ1) is 55.6. The number of urea groups is 1. The summed E-state index contributed by atoms with van der Waals surface area (Å²) >= 11 is 0. The number of hydrogen-bond acceptors (Lipinski definition) is 27. The Balaban J connectivity index is 0.000000109. The van der Waals surface area contributed by atoms with Crippen LogP contribution < -0.4 is 0 Å². The minimum Gasteiger partial charge on any atom is -0.384 e. The highest BCUT2D eigenvalue weighted by Gasteiger charge is 2.59. The van der Waals surface area contributed by atoms with Gasteiger partial charge in [0.1, 0.15) is 0 Å². The molecule has 7 atom stereocenters. The summed E-state index contributed by atoms with van der Waals surface area (Å²) in [5, 5.41) is 30.6. The van der Waals surface area contributed by atoms with Crippen LogP contribution in [0, 0.1) is 0 Å². The summed E-state index contributed by atoms with van der Waals surface area (Å²) in [6.07, 6.45) is 10.3. The first kappa shape index (κ1) is 79.2. The van der Waals surface area contributed by atoms with Crippen LogP contribution in [0.5, 0.6) is 0 Å². The number of carbonyl (C=O) groups excluding carboxylic acids is 11. The van der Waals surface area contributed by atoms with Gasteiger partial charge in [-0.15, -0.1) is 0 Å². The third kappa shape index (κ3) is 15.4. The molecule has 596 valence electrons. The van der Waals surface area contributed by atoms with Gasteiger partial charge in [-0.1, -0.05) is 157 Å². The smallest absolute Gasteiger partial charge is 0.353 e. The molecular weight excluding hydrogens is 1490 g/mol. The van der Waals surface area contributed by atoms with Gasteiger partial charge >= 0.3 is 6.03 Å². The van der Waals surface area contributed by atoms with Crippen molar-refractivity contribution in [1.82, 2.24) is 19.6 Å². The number of imide groups is 4. The minimum atomic E-state index is -1.40. The Hall–Kier alpha value is -13.4. The molecular formula is C84H81N13O19. The second kappa shape index (κ2) is 32.2. The Kier molecular flexibility index (Phi) is 22.0. The van der Waals surface area contributed by atoms with Gasteiger partial charge in [0.25, 0.3) is 35.1 Å². The van der Waals surface area contributed by atoms with Gasteiger partial charge in [0.15, 0.2) is 11.2 Å². The largest absolute Gasteiger partial charge is 0.384 e. The summed E-state index contributed by atoms with van der Waals surface area (Å²) < 4.78 is 0. The van der Waals surface area contributed by atoms with Crippen LogP contribution in [0.15, 0.2) is 186 Å². The van der Waals surface area contributed by atoms with E-state index >= 15 is 0 Å². The van der Waals surface area contributed by atoms with Crippen molar-refractivity contribution in [3.05, 3.63) is 196 Å². The summed E-state index contributed by atoms with van der Waals surface area (Å²) in [7, 11) is 0. The van der Waals surface area contributed by atoms with E-state index in [4.69, 9.17) is 38.7 Å². The number of ketones is 3. The zero-order valence-electron chi connectivity index (χ0n) is 64.8. The van der Waals surface area contributed by atoms with Crippen molar-refractivity contribution in [2.24, 2.45) is 46.2 Å². The second-order valence-electron chi connectivity index (χ2n) is 30.2. The first-order valence-electron chi connectivity index (χ1n) is 37.7. The van der Waals surface area contributed by atoms with E-state index < -0.39 is 48.1 Å². The highest BCUT2D eigenvalue weighted by atomic mass is 16.7. The molecule has 21 rings (SSSR count). The maximum atomic E-state index is 12.2. The van der Waals surface area contributed by atoms with E-state index in [1.807, 2.05) is 58.0 Å². The number of benzene rings is 5. The molecule has 12 heterocycles. The number of oxime groups is 8. The van der Waals surface area contributed by atoms with Crippen LogP contribution in [-0.4, -0.2) is 172 Å². The number of nitrogens with zero attached hydrogens (tertiary/aromatic N) is 13. The lowest BCUT2D eigenvalue weighted by Gasteiger charge is -2.21. The number of rotatable bonds is 4. The van der Waals surface area contributed by atoms with Crippen LogP contribution in [0.1, 0.15) is 212 Å². The van der Waals surface area contributed by atoms with Crippen molar-refractivity contribution in [2.75, 3.05) is 0 Å². The molecule has 0 saturated carbocycles. The molecule has 32 nitrogen and oxygen atoms in total. The summed E-state index contributed by atoms with van der Waals surface area (Å²) in [5.41, 5.74) is 14.5. The van der Waals surface area contributed by atoms with Crippen molar-refractivity contribution < 1.29 is 91.4 Å². The summed E-state index contributed by atoms with van der Waals surface area (Å²) in [5.74, 6) is -2.48. The monoisotopic (exact) mass is 1580 g/mol. The van der Waals surface area contributed by atoms with Gasteiger partial charge in [-0.05, 0) is 103 Å². The third-order valence-corrected chi connectivity index (χ3v) is 21.4. The highest BCUT2D eigenvalue weighted by Crippen LogP contribution is 2.51. The number of likely N-dealkylation sites (tertiary alicyclic amines) is 1. The zero-order valence-corrected chi connectivity index (χ0v) is 64.8. The van der Waals surface area contributed by atoms with E-state index in [1.54, 1.807) is 76.2 Å². The Morgan fingerprint density at radius 3 is 1.20 bits per heavy atom. The molecule has 4 aliphatic carbocycles. The van der Waals surface area contributed by atoms with Crippen LogP contribution in [0.4, 0.5) is 4.79 Å². The number of carbonyl (C=O) groups is 11. The lowest BCUT2D eigenvalue weighted by Crippen LogP contribution is -2.41. The fourth-order valence-electron chi connectivity index (χ4n) is 16.0. The van der Waals surface area contributed by atoms with Crippen LogP contribution in [-0.2, 0) is 86.7 Å². The molecule has 1 saturated heterocycles. The second-order valence-corrected chi connectivity index (χ2v) is 30.2. The zero-order chi connectivity index (χ0) is 82.1. The topological polar surface area (TPSA) is 386 Å². The van der Waals surface area contributed by atoms with E-state index in [9.17, 15) is 52.7 Å². The summed E-state index contributed by atoms with van der Waals surface area (Å²) in [6, 6.07) is 37.6. The average Bonchev–Trinajstić information content (AvgIpc) is 1.57. The van der Waals surface area contributed by atoms with Crippen molar-refractivity contribution in [2.45, 2.75) is 193 Å². The summed E-state index contributed by atoms with van der Waals surface area (Å²) in [6.45, 7) is 19.0.